The maximum absolute atomic E-state index is 12.8. The molecule has 0 unspecified atom stereocenters. The molecule has 1 aromatic rings. The number of fused-ring (bicyclic) bond motifs is 1. The highest BCUT2D eigenvalue weighted by Crippen LogP contribution is 2.69. The molecule has 4 saturated carbocycles. The largest absolute Gasteiger partial charge is 0.522 e. The Hall–Kier alpha value is -2.13. The molecule has 9 heteroatoms. The summed E-state index contributed by atoms with van der Waals surface area (Å²) < 4.78 is 51.7. The summed E-state index contributed by atoms with van der Waals surface area (Å²) in [5.41, 5.74) is 2.00. The minimum atomic E-state index is -4.63. The lowest BCUT2D eigenvalue weighted by molar-refractivity contribution is -0.357. The number of amides is 1. The molecule has 180 valence electrons. The molecular weight excluding hydrogens is 439 g/mol. The van der Waals surface area contributed by atoms with Gasteiger partial charge in [0.05, 0.1) is 12.2 Å². The summed E-state index contributed by atoms with van der Waals surface area (Å²) in [6, 6.07) is 5.99. The maximum atomic E-state index is 12.8. The number of Topliss-reactive ketones (excluding diaryl/α,β-unsaturated/α-hetero) is 1. The Morgan fingerprint density at radius 3 is 2.61 bits per heavy atom. The number of ketones is 1. The first-order chi connectivity index (χ1) is 15.5. The summed E-state index contributed by atoms with van der Waals surface area (Å²) in [5.74, 6) is 0.636. The van der Waals surface area contributed by atoms with E-state index in [2.05, 4.69) is 16.1 Å². The van der Waals surface area contributed by atoms with Gasteiger partial charge in [-0.2, -0.15) is 0 Å². The molecule has 5 aliphatic rings. The first kappa shape index (κ1) is 22.7. The van der Waals surface area contributed by atoms with Gasteiger partial charge in [-0.05, 0) is 56.1 Å². The Labute approximate surface area is 190 Å². The van der Waals surface area contributed by atoms with E-state index in [0.29, 0.717) is 12.8 Å². The molecular formula is C24H28F3NO5. The number of halogens is 3. The normalized spacial score (nSPS) is 34.1. The highest BCUT2D eigenvalue weighted by Gasteiger charge is 2.68. The van der Waals surface area contributed by atoms with Crippen LogP contribution in [0.5, 0.6) is 5.75 Å². The summed E-state index contributed by atoms with van der Waals surface area (Å²) >= 11 is 0. The number of rotatable bonds is 8. The lowest BCUT2D eigenvalue weighted by atomic mass is 9.38. The maximum Gasteiger partial charge on any atom is 0.522 e. The fourth-order valence-electron chi connectivity index (χ4n) is 5.98. The number of carbonyl (C=O) groups is 2. The van der Waals surface area contributed by atoms with Crippen LogP contribution in [0.1, 0.15) is 56.1 Å². The second kappa shape index (κ2) is 7.98. The predicted octanol–water partition coefficient (Wildman–Crippen LogP) is 3.77. The molecule has 0 saturated heterocycles. The first-order valence-corrected chi connectivity index (χ1v) is 11.5. The van der Waals surface area contributed by atoms with Crippen LogP contribution in [0.25, 0.3) is 0 Å². The molecule has 1 aromatic carbocycles. The van der Waals surface area contributed by atoms with Crippen molar-refractivity contribution in [1.82, 2.24) is 5.32 Å². The molecule has 6 rings (SSSR count). The van der Waals surface area contributed by atoms with Gasteiger partial charge >= 0.3 is 6.36 Å². The summed E-state index contributed by atoms with van der Waals surface area (Å²) in [6.07, 6.45) is -1.91. The molecule has 2 bridgehead atoms. The zero-order valence-electron chi connectivity index (χ0n) is 18.5. The summed E-state index contributed by atoms with van der Waals surface area (Å²) in [6.45, 7) is 1.95. The minimum absolute atomic E-state index is 0.0441. The molecule has 1 heterocycles. The standard InChI is InChI=1S/C24H28F3NO5/c1-14-2-4-19-15(6-14)3-5-20(32-19)21(30)28-23-11-22(12-23,13-23)9-16(29)10-31-17-7-18(8-17)33-24(25,26)27/h2,4,6,17-18,20H,3,5,7-13H2,1H3,(H,28,30)/t17?,18?,20-,22?,23?/m0/s1. The third kappa shape index (κ3) is 4.75. The van der Waals surface area contributed by atoms with Crippen molar-refractivity contribution in [2.45, 2.75) is 88.5 Å². The van der Waals surface area contributed by atoms with Crippen molar-refractivity contribution in [3.05, 3.63) is 29.3 Å². The molecule has 33 heavy (non-hydrogen) atoms. The number of carbonyl (C=O) groups excluding carboxylic acids is 2. The van der Waals surface area contributed by atoms with Gasteiger partial charge < -0.3 is 14.8 Å². The van der Waals surface area contributed by atoms with Crippen LogP contribution in [0, 0.1) is 12.3 Å². The zero-order valence-corrected chi connectivity index (χ0v) is 18.5. The average Bonchev–Trinajstić information content (AvgIpc) is 2.65. The number of ether oxygens (including phenoxy) is 3. The first-order valence-electron chi connectivity index (χ1n) is 11.5. The molecule has 1 aliphatic heterocycles. The van der Waals surface area contributed by atoms with Crippen molar-refractivity contribution in [2.75, 3.05) is 6.61 Å². The predicted molar refractivity (Wildman–Crippen MR) is 111 cm³/mol. The number of alkyl halides is 3. The van der Waals surface area contributed by atoms with Gasteiger partial charge in [-0.1, -0.05) is 17.7 Å². The van der Waals surface area contributed by atoms with Crippen LogP contribution in [0.4, 0.5) is 13.2 Å². The minimum Gasteiger partial charge on any atom is -0.480 e. The molecule has 1 N–H and O–H groups in total. The molecule has 0 radical (unpaired) electrons. The Morgan fingerprint density at radius 2 is 1.91 bits per heavy atom. The van der Waals surface area contributed by atoms with Gasteiger partial charge in [-0.25, -0.2) is 0 Å². The fraction of sp³-hybridized carbons (Fsp3) is 0.667. The molecule has 6 nitrogen and oxygen atoms in total. The van der Waals surface area contributed by atoms with E-state index in [9.17, 15) is 22.8 Å². The zero-order chi connectivity index (χ0) is 23.4. The molecule has 1 atom stereocenters. The van der Waals surface area contributed by atoms with E-state index in [1.807, 2.05) is 19.1 Å². The Morgan fingerprint density at radius 1 is 1.18 bits per heavy atom. The van der Waals surface area contributed by atoms with Crippen LogP contribution >= 0.6 is 0 Å². The number of hydrogen-bond donors (Lipinski definition) is 1. The molecule has 1 amide bonds. The number of nitrogens with one attached hydrogen (secondary N) is 1. The van der Waals surface area contributed by atoms with Crippen molar-refractivity contribution in [1.29, 1.82) is 0 Å². The summed E-state index contributed by atoms with van der Waals surface area (Å²) in [4.78, 5) is 25.1. The van der Waals surface area contributed by atoms with Crippen LogP contribution in [-0.2, 0) is 25.5 Å². The van der Waals surface area contributed by atoms with Crippen LogP contribution in [0.15, 0.2) is 18.2 Å². The average molecular weight is 467 g/mol. The fourth-order valence-corrected chi connectivity index (χ4v) is 5.98. The topological polar surface area (TPSA) is 73.9 Å². The van der Waals surface area contributed by atoms with Gasteiger partial charge in [-0.3, -0.25) is 14.3 Å². The van der Waals surface area contributed by atoms with Crippen molar-refractivity contribution >= 4 is 11.7 Å². The molecule has 0 aromatic heterocycles. The van der Waals surface area contributed by atoms with Gasteiger partial charge in [-0.15, -0.1) is 13.2 Å². The highest BCUT2D eigenvalue weighted by atomic mass is 19.4. The Bertz CT molecular complexity index is 936. The monoisotopic (exact) mass is 467 g/mol. The highest BCUT2D eigenvalue weighted by molar-refractivity contribution is 5.84. The van der Waals surface area contributed by atoms with Gasteiger partial charge in [0.15, 0.2) is 11.9 Å². The quantitative estimate of drug-likeness (QED) is 0.630. The molecule has 4 aliphatic carbocycles. The van der Waals surface area contributed by atoms with Crippen LogP contribution < -0.4 is 10.1 Å². The van der Waals surface area contributed by atoms with Gasteiger partial charge in [0.1, 0.15) is 12.4 Å². The second-order valence-electron chi connectivity index (χ2n) is 10.4. The van der Waals surface area contributed by atoms with E-state index in [0.717, 1.165) is 37.0 Å². The van der Waals surface area contributed by atoms with E-state index in [-0.39, 0.29) is 48.2 Å². The van der Waals surface area contributed by atoms with Crippen LogP contribution in [0.2, 0.25) is 0 Å². The third-order valence-corrected chi connectivity index (χ3v) is 7.39. The van der Waals surface area contributed by atoms with Gasteiger partial charge in [0.2, 0.25) is 0 Å². The van der Waals surface area contributed by atoms with Crippen molar-refractivity contribution in [3.63, 3.8) is 0 Å². The SMILES string of the molecule is Cc1ccc2c(c1)CC[C@@H](C(=O)NC13CC(CC(=O)COC4CC(OC(F)(F)F)C4)(C1)C3)O2. The van der Waals surface area contributed by atoms with E-state index in [4.69, 9.17) is 9.47 Å². The number of hydrogen-bond acceptors (Lipinski definition) is 5. The molecule has 0 spiro atoms. The van der Waals surface area contributed by atoms with E-state index < -0.39 is 18.6 Å². The van der Waals surface area contributed by atoms with Crippen molar-refractivity contribution < 1.29 is 37.0 Å². The number of aryl methyl sites for hydroxylation is 2. The van der Waals surface area contributed by atoms with Gasteiger partial charge in [0.25, 0.3) is 5.91 Å². The lowest BCUT2D eigenvalue weighted by Crippen LogP contribution is -2.75. The summed E-state index contributed by atoms with van der Waals surface area (Å²) in [5, 5.41) is 3.15. The number of benzene rings is 1. The Kier molecular flexibility index (Phi) is 5.47. The second-order valence-corrected chi connectivity index (χ2v) is 10.4. The van der Waals surface area contributed by atoms with Crippen LogP contribution in [0.3, 0.4) is 0 Å². The molecule has 4 fully saturated rings. The smallest absolute Gasteiger partial charge is 0.480 e. The Balaban J connectivity index is 1.01. The van der Waals surface area contributed by atoms with Crippen molar-refractivity contribution in [3.8, 4) is 5.75 Å². The lowest BCUT2D eigenvalue weighted by Gasteiger charge is -2.70. The van der Waals surface area contributed by atoms with Gasteiger partial charge in [0, 0.05) is 24.8 Å². The van der Waals surface area contributed by atoms with E-state index in [1.54, 1.807) is 0 Å². The van der Waals surface area contributed by atoms with Crippen molar-refractivity contribution in [2.24, 2.45) is 5.41 Å². The van der Waals surface area contributed by atoms with Crippen LogP contribution in [-0.4, -0.2) is 48.5 Å². The van der Waals surface area contributed by atoms with E-state index in [1.165, 1.54) is 5.56 Å². The van der Waals surface area contributed by atoms with E-state index >= 15 is 0 Å². The third-order valence-electron chi connectivity index (χ3n) is 7.39. The summed E-state index contributed by atoms with van der Waals surface area (Å²) in [7, 11) is 0.